The highest BCUT2D eigenvalue weighted by Crippen LogP contribution is 2.31. The summed E-state index contributed by atoms with van der Waals surface area (Å²) < 4.78 is 6.13. The number of methoxy groups -OCH3 is 1. The third kappa shape index (κ3) is 3.36. The third-order valence-electron chi connectivity index (χ3n) is 2.96. The minimum Gasteiger partial charge on any atom is -0.508 e. The maximum atomic E-state index is 9.51. The molecule has 0 aromatic heterocycles. The van der Waals surface area contributed by atoms with Gasteiger partial charge in [-0.05, 0) is 52.7 Å². The van der Waals surface area contributed by atoms with Crippen LogP contribution in [0.1, 0.15) is 18.5 Å². The van der Waals surface area contributed by atoms with Crippen LogP contribution in [0.3, 0.4) is 0 Å². The van der Waals surface area contributed by atoms with Crippen molar-refractivity contribution in [2.45, 2.75) is 13.0 Å². The Balaban J connectivity index is 2.20. The first-order valence-corrected chi connectivity index (χ1v) is 6.92. The summed E-state index contributed by atoms with van der Waals surface area (Å²) in [5.41, 5.74) is 1.68. The Bertz CT molecular complexity index is 596. The Kier molecular flexibility index (Phi) is 4.39. The Morgan fingerprint density at radius 2 is 1.75 bits per heavy atom. The van der Waals surface area contributed by atoms with Gasteiger partial charge in [0.15, 0.2) is 0 Å². The maximum Gasteiger partial charge on any atom is 0.135 e. The van der Waals surface area contributed by atoms with E-state index in [-0.39, 0.29) is 17.5 Å². The highest BCUT2D eigenvalue weighted by Gasteiger charge is 2.09. The topological polar surface area (TPSA) is 61.7 Å². The number of rotatable bonds is 4. The summed E-state index contributed by atoms with van der Waals surface area (Å²) in [5, 5.41) is 22.3. The number of hydrogen-bond donors (Lipinski definition) is 3. The lowest BCUT2D eigenvalue weighted by Crippen LogP contribution is -2.06. The molecule has 0 saturated carbocycles. The van der Waals surface area contributed by atoms with E-state index in [2.05, 4.69) is 21.2 Å². The molecular weight excluding hydrogens is 322 g/mol. The average molecular weight is 338 g/mol. The third-order valence-corrected chi connectivity index (χ3v) is 3.61. The molecule has 0 amide bonds. The number of halogens is 1. The zero-order valence-electron chi connectivity index (χ0n) is 11.2. The van der Waals surface area contributed by atoms with E-state index in [1.54, 1.807) is 19.2 Å². The fraction of sp³-hybridized carbons (Fsp3) is 0.200. The van der Waals surface area contributed by atoms with Gasteiger partial charge in [0.05, 0.1) is 11.6 Å². The number of benzene rings is 2. The van der Waals surface area contributed by atoms with Crippen molar-refractivity contribution in [3.63, 3.8) is 0 Å². The standard InChI is InChI=1S/C15H16BrNO3/c1-9(10-5-12(18)8-13(19)6-10)17-11-3-4-14(16)15(7-11)20-2/h3-9,17-19H,1-2H3. The summed E-state index contributed by atoms with van der Waals surface area (Å²) in [6, 6.07) is 10.2. The van der Waals surface area contributed by atoms with E-state index >= 15 is 0 Å². The molecule has 1 atom stereocenters. The number of nitrogens with one attached hydrogen (secondary N) is 1. The largest absolute Gasteiger partial charge is 0.508 e. The fourth-order valence-electron chi connectivity index (χ4n) is 1.95. The predicted octanol–water partition coefficient (Wildman–Crippen LogP) is 4.04. The van der Waals surface area contributed by atoms with Crippen molar-refractivity contribution in [2.24, 2.45) is 0 Å². The zero-order valence-corrected chi connectivity index (χ0v) is 12.8. The van der Waals surface area contributed by atoms with Gasteiger partial charge in [-0.25, -0.2) is 0 Å². The van der Waals surface area contributed by atoms with Gasteiger partial charge in [-0.2, -0.15) is 0 Å². The molecule has 0 bridgehead atoms. The van der Waals surface area contributed by atoms with Crippen molar-refractivity contribution in [3.05, 3.63) is 46.4 Å². The first-order chi connectivity index (χ1) is 9.49. The first kappa shape index (κ1) is 14.5. The lowest BCUT2D eigenvalue weighted by atomic mass is 10.1. The molecule has 20 heavy (non-hydrogen) atoms. The van der Waals surface area contributed by atoms with Crippen molar-refractivity contribution in [1.29, 1.82) is 0 Å². The molecule has 2 aromatic carbocycles. The quantitative estimate of drug-likeness (QED) is 0.787. The van der Waals surface area contributed by atoms with Crippen LogP contribution in [0, 0.1) is 0 Å². The van der Waals surface area contributed by atoms with Crippen LogP contribution < -0.4 is 10.1 Å². The maximum absolute atomic E-state index is 9.51. The van der Waals surface area contributed by atoms with Crippen LogP contribution in [0.25, 0.3) is 0 Å². The van der Waals surface area contributed by atoms with Crippen LogP contribution in [0.15, 0.2) is 40.9 Å². The van der Waals surface area contributed by atoms with Crippen molar-refractivity contribution in [2.75, 3.05) is 12.4 Å². The van der Waals surface area contributed by atoms with Gasteiger partial charge in [-0.3, -0.25) is 0 Å². The van der Waals surface area contributed by atoms with E-state index in [1.807, 2.05) is 25.1 Å². The summed E-state index contributed by atoms with van der Waals surface area (Å²) in [6.45, 7) is 1.95. The van der Waals surface area contributed by atoms with Gasteiger partial charge in [0.2, 0.25) is 0 Å². The summed E-state index contributed by atoms with van der Waals surface area (Å²) >= 11 is 3.40. The SMILES string of the molecule is COc1cc(NC(C)c2cc(O)cc(O)c2)ccc1Br. The average Bonchev–Trinajstić information content (AvgIpc) is 2.39. The second-order valence-corrected chi connectivity index (χ2v) is 5.35. The molecule has 0 radical (unpaired) electrons. The number of aromatic hydroxyl groups is 2. The van der Waals surface area contributed by atoms with E-state index in [4.69, 9.17) is 4.74 Å². The van der Waals surface area contributed by atoms with E-state index in [9.17, 15) is 10.2 Å². The number of phenolic OH excluding ortho intramolecular Hbond substituents is 2. The minimum absolute atomic E-state index is 0.0436. The summed E-state index contributed by atoms with van der Waals surface area (Å²) in [7, 11) is 1.61. The molecule has 1 unspecified atom stereocenters. The highest BCUT2D eigenvalue weighted by atomic mass is 79.9. The molecule has 0 aliphatic heterocycles. The van der Waals surface area contributed by atoms with Crippen molar-refractivity contribution >= 4 is 21.6 Å². The number of hydrogen-bond acceptors (Lipinski definition) is 4. The second-order valence-electron chi connectivity index (χ2n) is 4.50. The predicted molar refractivity (Wildman–Crippen MR) is 82.5 cm³/mol. The molecule has 5 heteroatoms. The lowest BCUT2D eigenvalue weighted by molar-refractivity contribution is 0.412. The Hall–Kier alpha value is -1.88. The molecular formula is C15H16BrNO3. The smallest absolute Gasteiger partial charge is 0.135 e. The van der Waals surface area contributed by atoms with E-state index in [0.29, 0.717) is 0 Å². The highest BCUT2D eigenvalue weighted by molar-refractivity contribution is 9.10. The molecule has 0 heterocycles. The molecule has 106 valence electrons. The molecule has 0 aliphatic rings. The van der Waals surface area contributed by atoms with Crippen LogP contribution >= 0.6 is 15.9 Å². The molecule has 0 fully saturated rings. The summed E-state index contributed by atoms with van der Waals surface area (Å²) in [5.74, 6) is 0.824. The number of phenols is 2. The van der Waals surface area contributed by atoms with E-state index in [1.165, 1.54) is 6.07 Å². The molecule has 0 spiro atoms. The Morgan fingerprint density at radius 3 is 2.35 bits per heavy atom. The van der Waals surface area contributed by atoms with E-state index < -0.39 is 0 Å². The molecule has 4 nitrogen and oxygen atoms in total. The zero-order chi connectivity index (χ0) is 14.7. The van der Waals surface area contributed by atoms with Crippen LogP contribution in [0.4, 0.5) is 5.69 Å². The van der Waals surface area contributed by atoms with Gasteiger partial charge in [0.1, 0.15) is 17.2 Å². The van der Waals surface area contributed by atoms with Crippen LogP contribution in [-0.4, -0.2) is 17.3 Å². The molecule has 3 N–H and O–H groups in total. The lowest BCUT2D eigenvalue weighted by Gasteiger charge is -2.17. The molecule has 2 aromatic rings. The van der Waals surface area contributed by atoms with Crippen LogP contribution in [0.5, 0.6) is 17.2 Å². The molecule has 2 rings (SSSR count). The van der Waals surface area contributed by atoms with Gasteiger partial charge in [0.25, 0.3) is 0 Å². The van der Waals surface area contributed by atoms with Crippen molar-refractivity contribution in [1.82, 2.24) is 0 Å². The van der Waals surface area contributed by atoms with Gasteiger partial charge in [-0.1, -0.05) is 0 Å². The molecule has 0 saturated heterocycles. The fourth-order valence-corrected chi connectivity index (χ4v) is 2.36. The Labute approximate surface area is 126 Å². The minimum atomic E-state index is -0.0705. The van der Waals surface area contributed by atoms with E-state index in [0.717, 1.165) is 21.5 Å². The van der Waals surface area contributed by atoms with Gasteiger partial charge in [0, 0.05) is 23.9 Å². The summed E-state index contributed by atoms with van der Waals surface area (Å²) in [6.07, 6.45) is 0. The number of ether oxygens (including phenoxy) is 1. The number of anilines is 1. The normalized spacial score (nSPS) is 11.9. The van der Waals surface area contributed by atoms with Gasteiger partial charge in [-0.15, -0.1) is 0 Å². The molecule has 0 aliphatic carbocycles. The Morgan fingerprint density at radius 1 is 1.10 bits per heavy atom. The van der Waals surface area contributed by atoms with Gasteiger partial charge < -0.3 is 20.3 Å². The first-order valence-electron chi connectivity index (χ1n) is 6.12. The van der Waals surface area contributed by atoms with Crippen LogP contribution in [-0.2, 0) is 0 Å². The van der Waals surface area contributed by atoms with Crippen LogP contribution in [0.2, 0.25) is 0 Å². The van der Waals surface area contributed by atoms with Crippen molar-refractivity contribution in [3.8, 4) is 17.2 Å². The van der Waals surface area contributed by atoms with Gasteiger partial charge >= 0.3 is 0 Å². The summed E-state index contributed by atoms with van der Waals surface area (Å²) in [4.78, 5) is 0. The second kappa shape index (κ2) is 6.05. The monoisotopic (exact) mass is 337 g/mol. The van der Waals surface area contributed by atoms with Crippen molar-refractivity contribution < 1.29 is 14.9 Å².